The highest BCUT2D eigenvalue weighted by Gasteiger charge is 2.22. The van der Waals surface area contributed by atoms with Crippen LogP contribution in [0, 0.1) is 5.92 Å². The van der Waals surface area contributed by atoms with E-state index in [2.05, 4.69) is 6.58 Å². The van der Waals surface area contributed by atoms with Crippen molar-refractivity contribution < 1.29 is 20.1 Å². The minimum Gasteiger partial charge on any atom is -0.481 e. The van der Waals surface area contributed by atoms with Gasteiger partial charge in [-0.2, -0.15) is 0 Å². The Morgan fingerprint density at radius 3 is 2.36 bits per heavy atom. The molecule has 0 aliphatic carbocycles. The van der Waals surface area contributed by atoms with Crippen molar-refractivity contribution in [2.45, 2.75) is 13.0 Å². The van der Waals surface area contributed by atoms with Crippen molar-refractivity contribution in [1.29, 1.82) is 0 Å². The molecule has 0 amide bonds. The van der Waals surface area contributed by atoms with Crippen LogP contribution in [0.2, 0.25) is 0 Å². The molecule has 0 aromatic rings. The second kappa shape index (κ2) is 4.10. The summed E-state index contributed by atoms with van der Waals surface area (Å²) in [6, 6.07) is 0. The molecule has 0 aromatic carbocycles. The summed E-state index contributed by atoms with van der Waals surface area (Å²) in [5.74, 6) is -2.03. The summed E-state index contributed by atoms with van der Waals surface area (Å²) in [5, 5.41) is 26.0. The Kier molecular flexibility index (Phi) is 3.78. The molecular weight excluding hydrogens is 148 g/mol. The zero-order chi connectivity index (χ0) is 9.02. The molecule has 0 aliphatic heterocycles. The van der Waals surface area contributed by atoms with Crippen LogP contribution < -0.4 is 0 Å². The van der Waals surface area contributed by atoms with E-state index in [1.165, 1.54) is 6.92 Å². The highest BCUT2D eigenvalue weighted by Crippen LogP contribution is 2.10. The van der Waals surface area contributed by atoms with Crippen LogP contribution in [0.25, 0.3) is 0 Å². The van der Waals surface area contributed by atoms with Gasteiger partial charge in [-0.1, -0.05) is 6.58 Å². The van der Waals surface area contributed by atoms with Gasteiger partial charge < -0.3 is 15.3 Å². The Balaban J connectivity index is 4.12. The summed E-state index contributed by atoms with van der Waals surface area (Å²) >= 11 is 0. The highest BCUT2D eigenvalue weighted by molar-refractivity contribution is 5.70. The zero-order valence-corrected chi connectivity index (χ0v) is 6.32. The molecule has 0 saturated heterocycles. The molecular formula is C7H12O4. The predicted octanol–water partition coefficient (Wildman–Crippen LogP) is -0.384. The Hall–Kier alpha value is -0.870. The normalized spacial score (nSPS) is 15.5. The van der Waals surface area contributed by atoms with Gasteiger partial charge >= 0.3 is 5.97 Å². The topological polar surface area (TPSA) is 77.8 Å². The minimum absolute atomic E-state index is 0.125. The molecule has 0 radical (unpaired) electrons. The summed E-state index contributed by atoms with van der Waals surface area (Å²) < 4.78 is 0. The van der Waals surface area contributed by atoms with Gasteiger partial charge in [0.1, 0.15) is 0 Å². The lowest BCUT2D eigenvalue weighted by Crippen LogP contribution is -2.27. The third-order valence-corrected chi connectivity index (χ3v) is 1.48. The van der Waals surface area contributed by atoms with Crippen molar-refractivity contribution in [2.24, 2.45) is 5.92 Å². The second-order valence-corrected chi connectivity index (χ2v) is 2.39. The maximum atomic E-state index is 10.3. The van der Waals surface area contributed by atoms with Crippen molar-refractivity contribution in [3.63, 3.8) is 0 Å². The number of aliphatic hydroxyl groups is 2. The molecule has 0 spiro atoms. The average molecular weight is 160 g/mol. The molecule has 4 nitrogen and oxygen atoms in total. The molecule has 3 N–H and O–H groups in total. The van der Waals surface area contributed by atoms with Gasteiger partial charge in [0.15, 0.2) is 0 Å². The van der Waals surface area contributed by atoms with E-state index in [0.717, 1.165) is 0 Å². The fourth-order valence-corrected chi connectivity index (χ4v) is 0.582. The molecule has 0 fully saturated rings. The van der Waals surface area contributed by atoms with Gasteiger partial charge in [-0.25, -0.2) is 0 Å². The van der Waals surface area contributed by atoms with Gasteiger partial charge in [-0.3, -0.25) is 4.79 Å². The SMILES string of the molecule is C=C(CO)C(O)C(C)C(=O)O. The van der Waals surface area contributed by atoms with E-state index in [1.54, 1.807) is 0 Å². The standard InChI is InChI=1S/C7H12O4/c1-4(3-8)6(9)5(2)7(10)11/h5-6,8-9H,1,3H2,2H3,(H,10,11). The van der Waals surface area contributed by atoms with Crippen LogP contribution in [-0.2, 0) is 4.79 Å². The maximum Gasteiger partial charge on any atom is 0.309 e. The van der Waals surface area contributed by atoms with Crippen molar-refractivity contribution in [3.8, 4) is 0 Å². The van der Waals surface area contributed by atoms with Crippen LogP contribution in [-0.4, -0.2) is 34.0 Å². The van der Waals surface area contributed by atoms with E-state index >= 15 is 0 Å². The summed E-state index contributed by atoms with van der Waals surface area (Å²) in [4.78, 5) is 10.3. The van der Waals surface area contributed by atoms with Gasteiger partial charge in [0.25, 0.3) is 0 Å². The number of aliphatic hydroxyl groups excluding tert-OH is 2. The highest BCUT2D eigenvalue weighted by atomic mass is 16.4. The summed E-state index contributed by atoms with van der Waals surface area (Å²) in [7, 11) is 0. The molecule has 11 heavy (non-hydrogen) atoms. The molecule has 0 saturated carbocycles. The van der Waals surface area contributed by atoms with Crippen LogP contribution in [0.3, 0.4) is 0 Å². The van der Waals surface area contributed by atoms with Gasteiger partial charge in [-0.05, 0) is 12.5 Å². The van der Waals surface area contributed by atoms with E-state index in [9.17, 15) is 4.79 Å². The molecule has 0 heterocycles. The number of rotatable bonds is 4. The average Bonchev–Trinajstić information content (AvgIpc) is 2.00. The third-order valence-electron chi connectivity index (χ3n) is 1.48. The molecule has 2 atom stereocenters. The van der Waals surface area contributed by atoms with E-state index < -0.39 is 24.6 Å². The van der Waals surface area contributed by atoms with Crippen LogP contribution >= 0.6 is 0 Å². The Bertz CT molecular complexity index is 164. The third kappa shape index (κ3) is 2.69. The number of aliphatic carboxylic acids is 1. The van der Waals surface area contributed by atoms with Crippen molar-refractivity contribution in [1.82, 2.24) is 0 Å². The quantitative estimate of drug-likeness (QED) is 0.490. The predicted molar refractivity (Wildman–Crippen MR) is 39.0 cm³/mol. The van der Waals surface area contributed by atoms with Crippen LogP contribution in [0.1, 0.15) is 6.92 Å². The van der Waals surface area contributed by atoms with Gasteiger partial charge in [-0.15, -0.1) is 0 Å². The molecule has 4 heteroatoms. The molecule has 0 rings (SSSR count). The minimum atomic E-state index is -1.17. The summed E-state index contributed by atoms with van der Waals surface area (Å²) in [6.07, 6.45) is -1.17. The number of carboxylic acids is 1. The lowest BCUT2D eigenvalue weighted by Gasteiger charge is -2.15. The smallest absolute Gasteiger partial charge is 0.309 e. The van der Waals surface area contributed by atoms with Crippen LogP contribution in [0.5, 0.6) is 0 Å². The fourth-order valence-electron chi connectivity index (χ4n) is 0.582. The number of hydrogen-bond donors (Lipinski definition) is 3. The molecule has 0 aliphatic rings. The summed E-state index contributed by atoms with van der Waals surface area (Å²) in [6.45, 7) is 4.28. The van der Waals surface area contributed by atoms with E-state index in [-0.39, 0.29) is 5.57 Å². The first-order valence-electron chi connectivity index (χ1n) is 3.20. The first kappa shape index (κ1) is 10.1. The van der Waals surface area contributed by atoms with Gasteiger partial charge in [0.05, 0.1) is 18.6 Å². The maximum absolute atomic E-state index is 10.3. The zero-order valence-electron chi connectivity index (χ0n) is 6.32. The first-order chi connectivity index (χ1) is 5.00. The van der Waals surface area contributed by atoms with E-state index in [4.69, 9.17) is 15.3 Å². The molecule has 0 aromatic heterocycles. The van der Waals surface area contributed by atoms with Crippen LogP contribution in [0.4, 0.5) is 0 Å². The fraction of sp³-hybridized carbons (Fsp3) is 0.571. The van der Waals surface area contributed by atoms with Crippen molar-refractivity contribution in [3.05, 3.63) is 12.2 Å². The number of hydrogen-bond acceptors (Lipinski definition) is 3. The monoisotopic (exact) mass is 160 g/mol. The number of carbonyl (C=O) groups is 1. The Morgan fingerprint density at radius 1 is 1.64 bits per heavy atom. The van der Waals surface area contributed by atoms with E-state index in [1.807, 2.05) is 0 Å². The van der Waals surface area contributed by atoms with Gasteiger partial charge in [0, 0.05) is 0 Å². The number of carboxylic acid groups (broad SMARTS) is 1. The Morgan fingerprint density at radius 2 is 2.09 bits per heavy atom. The Labute approximate surface area is 64.8 Å². The van der Waals surface area contributed by atoms with E-state index in [0.29, 0.717) is 0 Å². The van der Waals surface area contributed by atoms with Gasteiger partial charge in [0.2, 0.25) is 0 Å². The molecule has 0 bridgehead atoms. The first-order valence-corrected chi connectivity index (χ1v) is 3.20. The molecule has 64 valence electrons. The summed E-state index contributed by atoms with van der Waals surface area (Å²) in [5.41, 5.74) is 0.125. The molecule has 2 unspecified atom stereocenters. The second-order valence-electron chi connectivity index (χ2n) is 2.39. The van der Waals surface area contributed by atoms with Crippen molar-refractivity contribution in [2.75, 3.05) is 6.61 Å². The van der Waals surface area contributed by atoms with Crippen LogP contribution in [0.15, 0.2) is 12.2 Å². The lowest BCUT2D eigenvalue weighted by molar-refractivity contribution is -0.144. The van der Waals surface area contributed by atoms with Crippen molar-refractivity contribution >= 4 is 5.97 Å². The lowest BCUT2D eigenvalue weighted by atomic mass is 9.99. The largest absolute Gasteiger partial charge is 0.481 e.